The van der Waals surface area contributed by atoms with Crippen molar-refractivity contribution in [3.8, 4) is 0 Å². The number of hydrogen-bond donors (Lipinski definition) is 0. The van der Waals surface area contributed by atoms with E-state index in [-0.39, 0.29) is 49.6 Å². The van der Waals surface area contributed by atoms with E-state index in [1.807, 2.05) is 13.8 Å². The molecule has 5 heteroatoms. The van der Waals surface area contributed by atoms with E-state index in [2.05, 4.69) is 13.8 Å². The molecule has 0 fully saturated rings. The molecule has 0 aromatic heterocycles. The number of unbranched alkanes of at least 4 members (excludes halogenated alkanes) is 2. The van der Waals surface area contributed by atoms with Gasteiger partial charge in [-0.1, -0.05) is 53.4 Å². The average molecular weight is 326 g/mol. The summed E-state index contributed by atoms with van der Waals surface area (Å²) in [5.74, 6) is -2.23. The molecule has 0 aliphatic heterocycles. The van der Waals surface area contributed by atoms with Gasteiger partial charge in [-0.05, 0) is 37.5 Å². The predicted molar refractivity (Wildman–Crippen MR) is 82.4 cm³/mol. The maximum atomic E-state index is 10.3. The van der Waals surface area contributed by atoms with Gasteiger partial charge in [-0.15, -0.1) is 0 Å². The standard InChI is InChI=1S/2C8H16O2.Ca/c2*1-3-5-6-7(4-2)8(9)10;/h2*7H,3-6H2,1-2H3,(H,9,10);/q;;+2/p-2. The van der Waals surface area contributed by atoms with Gasteiger partial charge in [0.05, 0.1) is 0 Å². The van der Waals surface area contributed by atoms with Gasteiger partial charge in [0.2, 0.25) is 0 Å². The van der Waals surface area contributed by atoms with E-state index in [0.29, 0.717) is 12.8 Å². The van der Waals surface area contributed by atoms with Crippen molar-refractivity contribution in [2.75, 3.05) is 0 Å². The third-order valence-electron chi connectivity index (χ3n) is 3.46. The first kappa shape index (κ1) is 26.1. The molecule has 0 bridgehead atoms. The molecule has 0 aromatic rings. The SMILES string of the molecule is CCCCC(CC)C(=O)[O-].CCCCC(CC)C(=O)[O-].[Ca+2]. The molecule has 0 amide bonds. The Balaban J connectivity index is -0.000000295. The molecule has 0 N–H and O–H groups in total. The zero-order valence-corrected chi connectivity index (χ0v) is 16.4. The number of rotatable bonds is 10. The molecule has 21 heavy (non-hydrogen) atoms. The molecule has 0 aliphatic rings. The minimum Gasteiger partial charge on any atom is -0.550 e. The van der Waals surface area contributed by atoms with Crippen LogP contribution in [0.15, 0.2) is 0 Å². The Morgan fingerprint density at radius 2 is 1.05 bits per heavy atom. The first-order valence-corrected chi connectivity index (χ1v) is 7.86. The summed E-state index contributed by atoms with van der Waals surface area (Å²) in [4.78, 5) is 20.7. The Kier molecular flexibility index (Phi) is 22.7. The second-order valence-corrected chi connectivity index (χ2v) is 5.13. The normalized spacial score (nSPS) is 12.4. The van der Waals surface area contributed by atoms with Gasteiger partial charge in [0.25, 0.3) is 0 Å². The molecule has 0 spiro atoms. The van der Waals surface area contributed by atoms with E-state index in [0.717, 1.165) is 38.5 Å². The largest absolute Gasteiger partial charge is 2.00 e. The van der Waals surface area contributed by atoms with Crippen LogP contribution in [0.25, 0.3) is 0 Å². The molecule has 0 aromatic carbocycles. The van der Waals surface area contributed by atoms with Gasteiger partial charge in [0, 0.05) is 11.9 Å². The van der Waals surface area contributed by atoms with Gasteiger partial charge in [0.15, 0.2) is 0 Å². The smallest absolute Gasteiger partial charge is 0.550 e. The Bertz CT molecular complexity index is 231. The number of aliphatic carboxylic acids is 2. The van der Waals surface area contributed by atoms with Gasteiger partial charge in [-0.3, -0.25) is 0 Å². The Morgan fingerprint density at radius 1 is 0.762 bits per heavy atom. The van der Waals surface area contributed by atoms with Crippen molar-refractivity contribution in [3.05, 3.63) is 0 Å². The van der Waals surface area contributed by atoms with E-state index < -0.39 is 11.9 Å². The Labute approximate surface area is 159 Å². The van der Waals surface area contributed by atoms with Crippen LogP contribution in [0, 0.1) is 11.8 Å². The topological polar surface area (TPSA) is 80.3 Å². The molecular weight excluding hydrogens is 296 g/mol. The van der Waals surface area contributed by atoms with E-state index in [1.165, 1.54) is 0 Å². The van der Waals surface area contributed by atoms with Crippen molar-refractivity contribution < 1.29 is 19.8 Å². The summed E-state index contributed by atoms with van der Waals surface area (Å²) in [6, 6.07) is 0. The van der Waals surface area contributed by atoms with Gasteiger partial charge < -0.3 is 19.8 Å². The summed E-state index contributed by atoms with van der Waals surface area (Å²) < 4.78 is 0. The van der Waals surface area contributed by atoms with E-state index in [9.17, 15) is 19.8 Å². The van der Waals surface area contributed by atoms with Crippen LogP contribution in [-0.2, 0) is 9.59 Å². The Morgan fingerprint density at radius 3 is 1.19 bits per heavy atom. The van der Waals surface area contributed by atoms with E-state index >= 15 is 0 Å². The van der Waals surface area contributed by atoms with Crippen LogP contribution in [0.1, 0.15) is 79.1 Å². The average Bonchev–Trinajstić information content (AvgIpc) is 2.40. The summed E-state index contributed by atoms with van der Waals surface area (Å²) in [7, 11) is 0. The molecule has 2 unspecified atom stereocenters. The first-order chi connectivity index (χ1) is 9.44. The van der Waals surface area contributed by atoms with Crippen LogP contribution in [0.2, 0.25) is 0 Å². The van der Waals surface area contributed by atoms with Crippen molar-refractivity contribution in [2.45, 2.75) is 79.1 Å². The van der Waals surface area contributed by atoms with Crippen LogP contribution >= 0.6 is 0 Å². The third-order valence-corrected chi connectivity index (χ3v) is 3.46. The fourth-order valence-electron chi connectivity index (χ4n) is 1.88. The maximum Gasteiger partial charge on any atom is 2.00 e. The molecule has 0 saturated heterocycles. The Hall–Kier alpha value is 0.200. The quantitative estimate of drug-likeness (QED) is 0.570. The summed E-state index contributed by atoms with van der Waals surface area (Å²) in [6.45, 7) is 7.89. The first-order valence-electron chi connectivity index (χ1n) is 7.86. The molecule has 0 heterocycles. The van der Waals surface area contributed by atoms with Crippen molar-refractivity contribution in [1.82, 2.24) is 0 Å². The summed E-state index contributed by atoms with van der Waals surface area (Å²) in [5.41, 5.74) is 0. The van der Waals surface area contributed by atoms with Crippen molar-refractivity contribution in [1.29, 1.82) is 0 Å². The zero-order chi connectivity index (χ0) is 16.0. The summed E-state index contributed by atoms with van der Waals surface area (Å²) in [6.07, 6.45) is 7.04. The van der Waals surface area contributed by atoms with Crippen LogP contribution in [0.5, 0.6) is 0 Å². The summed E-state index contributed by atoms with van der Waals surface area (Å²) in [5, 5.41) is 20.7. The zero-order valence-electron chi connectivity index (χ0n) is 14.2. The maximum absolute atomic E-state index is 10.3. The van der Waals surface area contributed by atoms with Gasteiger partial charge >= 0.3 is 37.7 Å². The third kappa shape index (κ3) is 16.4. The number of carboxylic acid groups (broad SMARTS) is 2. The van der Waals surface area contributed by atoms with Crippen LogP contribution in [-0.4, -0.2) is 49.7 Å². The van der Waals surface area contributed by atoms with Crippen LogP contribution in [0.4, 0.5) is 0 Å². The second kappa shape index (κ2) is 18.2. The minimum atomic E-state index is -0.893. The van der Waals surface area contributed by atoms with Crippen LogP contribution in [0.3, 0.4) is 0 Å². The van der Waals surface area contributed by atoms with Gasteiger partial charge in [-0.2, -0.15) is 0 Å². The fourth-order valence-corrected chi connectivity index (χ4v) is 1.88. The minimum absolute atomic E-state index is 0. The molecular formula is C16H30CaO4. The molecule has 0 rings (SSSR count). The van der Waals surface area contributed by atoms with Crippen molar-refractivity contribution in [3.63, 3.8) is 0 Å². The number of carbonyl (C=O) groups is 2. The van der Waals surface area contributed by atoms with Crippen molar-refractivity contribution >= 4 is 49.7 Å². The molecule has 120 valence electrons. The molecule has 2 atom stereocenters. The number of carbonyl (C=O) groups excluding carboxylic acids is 2. The monoisotopic (exact) mass is 326 g/mol. The molecule has 0 radical (unpaired) electrons. The fraction of sp³-hybridized carbons (Fsp3) is 0.875. The second-order valence-electron chi connectivity index (χ2n) is 5.13. The van der Waals surface area contributed by atoms with Gasteiger partial charge in [0.1, 0.15) is 0 Å². The number of hydrogen-bond acceptors (Lipinski definition) is 4. The van der Waals surface area contributed by atoms with E-state index in [4.69, 9.17) is 0 Å². The molecule has 0 saturated carbocycles. The molecule has 4 nitrogen and oxygen atoms in total. The van der Waals surface area contributed by atoms with Gasteiger partial charge in [-0.25, -0.2) is 0 Å². The van der Waals surface area contributed by atoms with Crippen molar-refractivity contribution in [2.24, 2.45) is 11.8 Å². The summed E-state index contributed by atoms with van der Waals surface area (Å²) >= 11 is 0. The predicted octanol–water partition coefficient (Wildman–Crippen LogP) is 1.52. The molecule has 0 aliphatic carbocycles. The van der Waals surface area contributed by atoms with E-state index in [1.54, 1.807) is 0 Å². The van der Waals surface area contributed by atoms with Crippen LogP contribution < -0.4 is 10.2 Å². The number of carboxylic acids is 2.